The maximum Gasteiger partial charge on any atom is 0.573 e. The number of nitrogens with one attached hydrogen (secondary N) is 3. The Hall–Kier alpha value is -3.14. The fourth-order valence-corrected chi connectivity index (χ4v) is 3.65. The van der Waals surface area contributed by atoms with Crippen molar-refractivity contribution >= 4 is 11.8 Å². The highest BCUT2D eigenvalue weighted by Gasteiger charge is 2.36. The number of halogens is 4. The van der Waals surface area contributed by atoms with E-state index < -0.39 is 47.5 Å². The highest BCUT2D eigenvalue weighted by Crippen LogP contribution is 2.35. The molecule has 0 radical (unpaired) electrons. The van der Waals surface area contributed by atoms with E-state index in [1.807, 2.05) is 30.3 Å². The molecular weight excluding hydrogens is 442 g/mol. The van der Waals surface area contributed by atoms with Crippen molar-refractivity contribution in [3.63, 3.8) is 0 Å². The molecule has 2 aromatic rings. The number of carbonyl (C=O) groups excluding carboxylic acids is 2. The molecule has 3 atom stereocenters. The zero-order chi connectivity index (χ0) is 24.4. The van der Waals surface area contributed by atoms with Crippen LogP contribution in [0.4, 0.5) is 17.6 Å². The number of hydrogen-bond acceptors (Lipinski definition) is 4. The molecule has 2 unspecified atom stereocenters. The molecule has 0 bridgehead atoms. The molecule has 1 aliphatic heterocycles. The summed E-state index contributed by atoms with van der Waals surface area (Å²) >= 11 is 0. The average Bonchev–Trinajstić information content (AvgIpc) is 2.72. The van der Waals surface area contributed by atoms with Gasteiger partial charge in [-0.1, -0.05) is 57.2 Å². The van der Waals surface area contributed by atoms with E-state index in [9.17, 15) is 27.2 Å². The van der Waals surface area contributed by atoms with Crippen molar-refractivity contribution in [1.82, 2.24) is 16.0 Å². The van der Waals surface area contributed by atoms with Gasteiger partial charge in [0, 0.05) is 0 Å². The lowest BCUT2D eigenvalue weighted by molar-refractivity contribution is -0.275. The molecule has 0 saturated carbocycles. The highest BCUT2D eigenvalue weighted by molar-refractivity contribution is 5.90. The third kappa shape index (κ3) is 6.44. The van der Waals surface area contributed by atoms with Crippen LogP contribution in [0.5, 0.6) is 5.75 Å². The summed E-state index contributed by atoms with van der Waals surface area (Å²) in [6.45, 7) is 5.39. The zero-order valence-corrected chi connectivity index (χ0v) is 18.3. The van der Waals surface area contributed by atoms with E-state index in [0.29, 0.717) is 0 Å². The Labute approximate surface area is 188 Å². The predicted octanol–water partition coefficient (Wildman–Crippen LogP) is 4.10. The maximum atomic E-state index is 14.3. The lowest BCUT2D eigenvalue weighted by Crippen LogP contribution is -2.57. The van der Waals surface area contributed by atoms with Gasteiger partial charge in [0.2, 0.25) is 11.8 Å². The Morgan fingerprint density at radius 1 is 1.12 bits per heavy atom. The van der Waals surface area contributed by atoms with Gasteiger partial charge in [0.05, 0.1) is 18.5 Å². The van der Waals surface area contributed by atoms with E-state index in [0.717, 1.165) is 17.7 Å². The normalized spacial score (nSPS) is 20.0. The monoisotopic (exact) mass is 467 g/mol. The van der Waals surface area contributed by atoms with Crippen molar-refractivity contribution < 1.29 is 31.9 Å². The van der Waals surface area contributed by atoms with Crippen LogP contribution in [-0.4, -0.2) is 24.2 Å². The first-order valence-corrected chi connectivity index (χ1v) is 10.3. The standard InChI is InChI=1S/C23H25F4N3O3/c1-22(2,3)19(14-9-10-17(15(24)11-14)33-23(25,26)27)30-21(32)16-12-18(31)29-20(28-16)13-7-5-4-6-8-13/h4-11,16,19-20,28H,12H2,1-3H3,(H,29,31)(H,30,32)/t16?,19-,20?/m0/s1. The van der Waals surface area contributed by atoms with Crippen LogP contribution < -0.4 is 20.7 Å². The summed E-state index contributed by atoms with van der Waals surface area (Å²) < 4.78 is 55.3. The number of hydrogen-bond donors (Lipinski definition) is 3. The van der Waals surface area contributed by atoms with Crippen molar-refractivity contribution in [3.8, 4) is 5.75 Å². The third-order valence-corrected chi connectivity index (χ3v) is 5.18. The fourth-order valence-electron chi connectivity index (χ4n) is 3.65. The van der Waals surface area contributed by atoms with Crippen LogP contribution in [-0.2, 0) is 9.59 Å². The van der Waals surface area contributed by atoms with Crippen LogP contribution >= 0.6 is 0 Å². The van der Waals surface area contributed by atoms with Crippen molar-refractivity contribution in [1.29, 1.82) is 0 Å². The quantitative estimate of drug-likeness (QED) is 0.579. The number of amides is 2. The molecule has 0 spiro atoms. The van der Waals surface area contributed by atoms with Crippen LogP contribution in [0.1, 0.15) is 50.5 Å². The minimum atomic E-state index is -5.03. The first-order chi connectivity index (χ1) is 15.3. The zero-order valence-electron chi connectivity index (χ0n) is 18.3. The van der Waals surface area contributed by atoms with Crippen LogP contribution in [0.25, 0.3) is 0 Å². The van der Waals surface area contributed by atoms with Gasteiger partial charge in [0.1, 0.15) is 6.17 Å². The smallest absolute Gasteiger partial charge is 0.403 e. The van der Waals surface area contributed by atoms with Gasteiger partial charge in [-0.05, 0) is 28.7 Å². The third-order valence-electron chi connectivity index (χ3n) is 5.18. The number of benzene rings is 2. The molecular formula is C23H25F4N3O3. The van der Waals surface area contributed by atoms with E-state index in [-0.39, 0.29) is 17.9 Å². The SMILES string of the molecule is CC(C)(C)[C@@H](NC(=O)C1CC(=O)NC(c2ccccc2)N1)c1ccc(OC(F)(F)F)c(F)c1. The molecule has 178 valence electrons. The Balaban J connectivity index is 1.80. The van der Waals surface area contributed by atoms with E-state index in [1.54, 1.807) is 20.8 Å². The summed E-state index contributed by atoms with van der Waals surface area (Å²) in [7, 11) is 0. The van der Waals surface area contributed by atoms with Crippen molar-refractivity contribution in [2.45, 2.75) is 51.8 Å². The molecule has 1 heterocycles. The van der Waals surface area contributed by atoms with Crippen LogP contribution in [0.3, 0.4) is 0 Å². The van der Waals surface area contributed by atoms with Gasteiger partial charge < -0.3 is 15.4 Å². The largest absolute Gasteiger partial charge is 0.573 e. The topological polar surface area (TPSA) is 79.5 Å². The molecule has 1 aliphatic rings. The molecule has 3 N–H and O–H groups in total. The number of ether oxygens (including phenoxy) is 1. The molecule has 1 fully saturated rings. The Morgan fingerprint density at radius 3 is 2.36 bits per heavy atom. The number of alkyl halides is 3. The van der Waals surface area contributed by atoms with Gasteiger partial charge in [-0.25, -0.2) is 4.39 Å². The molecule has 2 aromatic carbocycles. The van der Waals surface area contributed by atoms with Crippen molar-refractivity contribution in [2.24, 2.45) is 5.41 Å². The summed E-state index contributed by atoms with van der Waals surface area (Å²) in [5.74, 6) is -2.95. The fraction of sp³-hybridized carbons (Fsp3) is 0.391. The second-order valence-electron chi connectivity index (χ2n) is 8.88. The summed E-state index contributed by atoms with van der Waals surface area (Å²) in [5, 5.41) is 8.69. The molecule has 0 aliphatic carbocycles. The molecule has 0 aromatic heterocycles. The van der Waals surface area contributed by atoms with E-state index in [4.69, 9.17) is 0 Å². The van der Waals surface area contributed by atoms with E-state index >= 15 is 0 Å². The molecule has 3 rings (SSSR count). The summed E-state index contributed by atoms with van der Waals surface area (Å²) in [5.41, 5.74) is 0.422. The van der Waals surface area contributed by atoms with E-state index in [1.165, 1.54) is 6.07 Å². The van der Waals surface area contributed by atoms with Crippen molar-refractivity contribution in [2.75, 3.05) is 0 Å². The minimum absolute atomic E-state index is 0.0985. The van der Waals surface area contributed by atoms with E-state index in [2.05, 4.69) is 20.7 Å². The molecule has 10 heteroatoms. The first kappa shape index (κ1) is 24.5. The second-order valence-corrected chi connectivity index (χ2v) is 8.88. The molecule has 2 amide bonds. The van der Waals surface area contributed by atoms with Gasteiger partial charge in [0.15, 0.2) is 11.6 Å². The first-order valence-electron chi connectivity index (χ1n) is 10.3. The average molecular weight is 467 g/mol. The lowest BCUT2D eigenvalue weighted by Gasteiger charge is -2.36. The minimum Gasteiger partial charge on any atom is -0.403 e. The van der Waals surface area contributed by atoms with Gasteiger partial charge in [-0.3, -0.25) is 14.9 Å². The Morgan fingerprint density at radius 2 is 1.79 bits per heavy atom. The van der Waals surface area contributed by atoms with Crippen LogP contribution in [0.15, 0.2) is 48.5 Å². The van der Waals surface area contributed by atoms with Gasteiger partial charge in [-0.2, -0.15) is 0 Å². The second kappa shape index (κ2) is 9.38. The molecule has 6 nitrogen and oxygen atoms in total. The van der Waals surface area contributed by atoms with Crippen LogP contribution in [0, 0.1) is 11.2 Å². The van der Waals surface area contributed by atoms with Gasteiger partial charge in [-0.15, -0.1) is 13.2 Å². The van der Waals surface area contributed by atoms with Crippen LogP contribution in [0.2, 0.25) is 0 Å². The predicted molar refractivity (Wildman–Crippen MR) is 112 cm³/mol. The Bertz CT molecular complexity index is 1010. The summed E-state index contributed by atoms with van der Waals surface area (Å²) in [6.07, 6.45) is -5.69. The number of rotatable bonds is 5. The highest BCUT2D eigenvalue weighted by atomic mass is 19.4. The molecule has 1 saturated heterocycles. The van der Waals surface area contributed by atoms with Gasteiger partial charge >= 0.3 is 6.36 Å². The van der Waals surface area contributed by atoms with Crippen molar-refractivity contribution in [3.05, 3.63) is 65.5 Å². The van der Waals surface area contributed by atoms with Gasteiger partial charge in [0.25, 0.3) is 0 Å². The lowest BCUT2D eigenvalue weighted by atomic mass is 9.82. The maximum absolute atomic E-state index is 14.3. The molecule has 33 heavy (non-hydrogen) atoms. The Kier molecular flexibility index (Phi) is 6.97. The summed E-state index contributed by atoms with van der Waals surface area (Å²) in [6, 6.07) is 10.5. The summed E-state index contributed by atoms with van der Waals surface area (Å²) in [4.78, 5) is 25.3. The number of carbonyl (C=O) groups is 2.